The Morgan fingerprint density at radius 2 is 1.97 bits per heavy atom. The topological polar surface area (TPSA) is 69.3 Å². The maximum Gasteiger partial charge on any atom is 0.241 e. The number of nitrogens with one attached hydrogen (secondary N) is 1. The van der Waals surface area contributed by atoms with Gasteiger partial charge in [-0.3, -0.25) is 0 Å². The van der Waals surface area contributed by atoms with E-state index in [-0.39, 0.29) is 11.9 Å². The zero-order chi connectivity index (χ0) is 23.1. The molecule has 1 aliphatic rings. The standard InChI is InChI=1S/C25H31FN6O/c1-5-33-19-8-6-18(7-9-19)29-25-27-14-23-20(10-11-31(23)30-25)17-12-21(26)24-22(13-17)32(15(2)3)16(4)28-24/h10-15,18-19H,5-9H2,1-4H3,(H,29,30). The van der Waals surface area contributed by atoms with Crippen molar-refractivity contribution in [3.63, 3.8) is 0 Å². The quantitative estimate of drug-likeness (QED) is 0.418. The molecule has 0 atom stereocenters. The molecule has 0 bridgehead atoms. The van der Waals surface area contributed by atoms with Crippen molar-refractivity contribution in [2.24, 2.45) is 0 Å². The molecule has 0 saturated heterocycles. The van der Waals surface area contributed by atoms with Gasteiger partial charge in [0, 0.05) is 30.5 Å². The largest absolute Gasteiger partial charge is 0.379 e. The summed E-state index contributed by atoms with van der Waals surface area (Å²) in [6.07, 6.45) is 8.29. The highest BCUT2D eigenvalue weighted by atomic mass is 19.1. The maximum atomic E-state index is 15.0. The van der Waals surface area contributed by atoms with Crippen LogP contribution in [0.15, 0.2) is 30.6 Å². The number of ether oxygens (including phenoxy) is 1. The van der Waals surface area contributed by atoms with Crippen molar-refractivity contribution in [2.75, 3.05) is 11.9 Å². The SMILES string of the molecule is CCOC1CCC(Nc2ncc3c(-c4cc(F)c5nc(C)n(C(C)C)c5c4)ccn3n2)CC1. The van der Waals surface area contributed by atoms with Crippen molar-refractivity contribution in [1.29, 1.82) is 0 Å². The number of imidazole rings is 1. The van der Waals surface area contributed by atoms with Gasteiger partial charge in [0.05, 0.1) is 23.3 Å². The molecule has 0 spiro atoms. The summed E-state index contributed by atoms with van der Waals surface area (Å²) >= 11 is 0. The van der Waals surface area contributed by atoms with Gasteiger partial charge >= 0.3 is 0 Å². The number of halogens is 1. The highest BCUT2D eigenvalue weighted by molar-refractivity contribution is 5.88. The minimum absolute atomic E-state index is 0.191. The minimum Gasteiger partial charge on any atom is -0.379 e. The summed E-state index contributed by atoms with van der Waals surface area (Å²) in [5.41, 5.74) is 3.75. The molecule has 1 aliphatic carbocycles. The zero-order valence-electron chi connectivity index (χ0n) is 19.7. The van der Waals surface area contributed by atoms with Crippen LogP contribution in [0.1, 0.15) is 58.3 Å². The van der Waals surface area contributed by atoms with Crippen molar-refractivity contribution in [1.82, 2.24) is 24.1 Å². The van der Waals surface area contributed by atoms with Crippen LogP contribution in [-0.2, 0) is 4.74 Å². The van der Waals surface area contributed by atoms with Crippen molar-refractivity contribution in [3.8, 4) is 11.1 Å². The number of hydrogen-bond donors (Lipinski definition) is 1. The Labute approximate surface area is 193 Å². The molecule has 33 heavy (non-hydrogen) atoms. The molecule has 8 heteroatoms. The zero-order valence-corrected chi connectivity index (χ0v) is 19.7. The van der Waals surface area contributed by atoms with Crippen LogP contribution >= 0.6 is 0 Å². The fourth-order valence-corrected chi connectivity index (χ4v) is 5.08. The van der Waals surface area contributed by atoms with E-state index in [9.17, 15) is 4.39 Å². The monoisotopic (exact) mass is 450 g/mol. The Bertz CT molecular complexity index is 1290. The molecule has 4 aromatic rings. The van der Waals surface area contributed by atoms with E-state index in [1.165, 1.54) is 0 Å². The molecule has 174 valence electrons. The second-order valence-corrected chi connectivity index (χ2v) is 9.16. The number of aromatic nitrogens is 5. The lowest BCUT2D eigenvalue weighted by atomic mass is 9.93. The predicted octanol–water partition coefficient (Wildman–Crippen LogP) is 5.53. The van der Waals surface area contributed by atoms with E-state index in [1.807, 2.05) is 42.9 Å². The van der Waals surface area contributed by atoms with E-state index < -0.39 is 0 Å². The van der Waals surface area contributed by atoms with E-state index in [1.54, 1.807) is 6.07 Å². The van der Waals surface area contributed by atoms with Crippen LogP contribution in [0.5, 0.6) is 0 Å². The molecule has 3 heterocycles. The molecule has 1 aromatic carbocycles. The van der Waals surface area contributed by atoms with Gasteiger partial charge in [-0.05, 0) is 77.1 Å². The van der Waals surface area contributed by atoms with Crippen LogP contribution in [0, 0.1) is 12.7 Å². The van der Waals surface area contributed by atoms with Crippen molar-refractivity contribution in [2.45, 2.75) is 71.6 Å². The van der Waals surface area contributed by atoms with Crippen LogP contribution in [0.4, 0.5) is 10.3 Å². The number of benzene rings is 1. The fraction of sp³-hybridized carbons (Fsp3) is 0.480. The summed E-state index contributed by atoms with van der Waals surface area (Å²) in [6, 6.07) is 6.07. The molecule has 7 nitrogen and oxygen atoms in total. The van der Waals surface area contributed by atoms with Crippen LogP contribution < -0.4 is 5.32 Å². The summed E-state index contributed by atoms with van der Waals surface area (Å²) in [7, 11) is 0. The average Bonchev–Trinajstić information content (AvgIpc) is 3.35. The normalized spacial score (nSPS) is 19.1. The number of anilines is 1. The molecule has 3 aromatic heterocycles. The van der Waals surface area contributed by atoms with Gasteiger partial charge in [0.1, 0.15) is 11.3 Å². The smallest absolute Gasteiger partial charge is 0.241 e. The fourth-order valence-electron chi connectivity index (χ4n) is 5.08. The Hall–Kier alpha value is -3.00. The average molecular weight is 451 g/mol. The van der Waals surface area contributed by atoms with Crippen molar-refractivity contribution < 1.29 is 9.13 Å². The summed E-state index contributed by atoms with van der Waals surface area (Å²) in [6.45, 7) is 8.90. The Morgan fingerprint density at radius 1 is 1.18 bits per heavy atom. The summed E-state index contributed by atoms with van der Waals surface area (Å²) < 4.78 is 24.6. The molecule has 5 rings (SSSR count). The predicted molar refractivity (Wildman–Crippen MR) is 128 cm³/mol. The number of aryl methyl sites for hydroxylation is 1. The molecule has 0 aliphatic heterocycles. The number of nitrogens with zero attached hydrogens (tertiary/aromatic N) is 5. The van der Waals surface area contributed by atoms with Gasteiger partial charge in [0.25, 0.3) is 0 Å². The first-order valence-electron chi connectivity index (χ1n) is 11.9. The van der Waals surface area contributed by atoms with E-state index in [0.717, 1.165) is 60.3 Å². The third-order valence-electron chi connectivity index (χ3n) is 6.58. The Balaban J connectivity index is 1.42. The van der Waals surface area contributed by atoms with Crippen molar-refractivity contribution in [3.05, 3.63) is 42.2 Å². The number of hydrogen-bond acceptors (Lipinski definition) is 5. The van der Waals surface area contributed by atoms with Gasteiger partial charge in [-0.2, -0.15) is 0 Å². The first kappa shape index (κ1) is 21.8. The van der Waals surface area contributed by atoms with Crippen LogP contribution in [0.2, 0.25) is 0 Å². The third kappa shape index (κ3) is 4.08. The van der Waals surface area contributed by atoms with Crippen LogP contribution in [0.3, 0.4) is 0 Å². The second-order valence-electron chi connectivity index (χ2n) is 9.16. The summed E-state index contributed by atoms with van der Waals surface area (Å²) in [5, 5.41) is 8.13. The Kier molecular flexibility index (Phi) is 5.78. The molecule has 1 saturated carbocycles. The summed E-state index contributed by atoms with van der Waals surface area (Å²) in [5.74, 6) is 1.11. The lowest BCUT2D eigenvalue weighted by molar-refractivity contribution is 0.0346. The molecule has 0 radical (unpaired) electrons. The first-order chi connectivity index (χ1) is 15.9. The lowest BCUT2D eigenvalue weighted by Gasteiger charge is -2.28. The first-order valence-corrected chi connectivity index (χ1v) is 11.9. The molecule has 1 N–H and O–H groups in total. The minimum atomic E-state index is -0.314. The van der Waals surface area contributed by atoms with Gasteiger partial charge in [-0.1, -0.05) is 0 Å². The number of fused-ring (bicyclic) bond motifs is 2. The second kappa shape index (κ2) is 8.74. The van der Waals surface area contributed by atoms with Crippen molar-refractivity contribution >= 4 is 22.5 Å². The maximum absolute atomic E-state index is 15.0. The van der Waals surface area contributed by atoms with Gasteiger partial charge in [-0.25, -0.2) is 18.9 Å². The molecule has 0 amide bonds. The van der Waals surface area contributed by atoms with Gasteiger partial charge in [0.2, 0.25) is 5.95 Å². The van der Waals surface area contributed by atoms with Gasteiger partial charge in [-0.15, -0.1) is 5.10 Å². The highest BCUT2D eigenvalue weighted by Crippen LogP contribution is 2.32. The van der Waals surface area contributed by atoms with Gasteiger partial charge < -0.3 is 14.6 Å². The van der Waals surface area contributed by atoms with E-state index in [0.29, 0.717) is 23.6 Å². The third-order valence-corrected chi connectivity index (χ3v) is 6.58. The Morgan fingerprint density at radius 3 is 2.70 bits per heavy atom. The molecular weight excluding hydrogens is 419 g/mol. The van der Waals surface area contributed by atoms with Crippen LogP contribution in [-0.4, -0.2) is 42.9 Å². The highest BCUT2D eigenvalue weighted by Gasteiger charge is 2.22. The molecule has 1 fully saturated rings. The lowest BCUT2D eigenvalue weighted by Crippen LogP contribution is -2.30. The van der Waals surface area contributed by atoms with E-state index in [2.05, 4.69) is 38.8 Å². The van der Waals surface area contributed by atoms with Crippen LogP contribution in [0.25, 0.3) is 27.7 Å². The van der Waals surface area contributed by atoms with E-state index in [4.69, 9.17) is 4.74 Å². The van der Waals surface area contributed by atoms with E-state index >= 15 is 0 Å². The molecular formula is C25H31FN6O. The summed E-state index contributed by atoms with van der Waals surface area (Å²) in [4.78, 5) is 9.01. The van der Waals surface area contributed by atoms with Gasteiger partial charge in [0.15, 0.2) is 5.82 Å². The molecule has 0 unspecified atom stereocenters. The number of rotatable bonds is 6.